The first-order chi connectivity index (χ1) is 9.27. The number of anilines is 1. The van der Waals surface area contributed by atoms with Gasteiger partial charge in [-0.3, -0.25) is 0 Å². The van der Waals surface area contributed by atoms with Crippen molar-refractivity contribution in [3.05, 3.63) is 64.2 Å². The maximum absolute atomic E-state index is 12.7. The Hall–Kier alpha value is -1.97. The van der Waals surface area contributed by atoms with Crippen LogP contribution in [0.1, 0.15) is 27.8 Å². The van der Waals surface area contributed by atoms with Gasteiger partial charge >= 0.3 is 6.18 Å². The van der Waals surface area contributed by atoms with Gasteiger partial charge in [0, 0.05) is 5.69 Å². The van der Waals surface area contributed by atoms with Gasteiger partial charge in [0.25, 0.3) is 0 Å². The molecule has 0 aliphatic rings. The number of rotatable bonds is 2. The summed E-state index contributed by atoms with van der Waals surface area (Å²) in [5.74, 6) is 0. The molecule has 0 bridgehead atoms. The summed E-state index contributed by atoms with van der Waals surface area (Å²) in [6.07, 6.45) is -3.83. The normalized spacial score (nSPS) is 11.7. The van der Waals surface area contributed by atoms with Crippen LogP contribution in [0.3, 0.4) is 0 Å². The number of alkyl halides is 3. The van der Waals surface area contributed by atoms with Crippen LogP contribution in [0.15, 0.2) is 36.4 Å². The highest BCUT2D eigenvalue weighted by molar-refractivity contribution is 5.52. The largest absolute Gasteiger partial charge is 0.416 e. The van der Waals surface area contributed by atoms with E-state index in [-0.39, 0.29) is 0 Å². The molecule has 0 unspecified atom stereocenters. The molecule has 2 aromatic carbocycles. The Kier molecular flexibility index (Phi) is 3.75. The SMILES string of the molecule is Cc1cc(Cc2cccc(C(F)(F)F)c2)c(C)cc1N. The number of aryl methyl sites for hydroxylation is 2. The smallest absolute Gasteiger partial charge is 0.399 e. The van der Waals surface area contributed by atoms with E-state index in [1.807, 2.05) is 26.0 Å². The fourth-order valence-corrected chi connectivity index (χ4v) is 2.17. The summed E-state index contributed by atoms with van der Waals surface area (Å²) in [6.45, 7) is 3.81. The van der Waals surface area contributed by atoms with Crippen LogP contribution < -0.4 is 5.73 Å². The van der Waals surface area contributed by atoms with Crippen molar-refractivity contribution in [3.8, 4) is 0 Å². The first-order valence-electron chi connectivity index (χ1n) is 6.29. The molecule has 0 fully saturated rings. The Morgan fingerprint density at radius 1 is 1.00 bits per heavy atom. The number of benzene rings is 2. The zero-order chi connectivity index (χ0) is 14.9. The monoisotopic (exact) mass is 279 g/mol. The fourth-order valence-electron chi connectivity index (χ4n) is 2.17. The van der Waals surface area contributed by atoms with Gasteiger partial charge in [-0.1, -0.05) is 24.3 Å². The van der Waals surface area contributed by atoms with Crippen molar-refractivity contribution in [3.63, 3.8) is 0 Å². The molecule has 2 N–H and O–H groups in total. The van der Waals surface area contributed by atoms with E-state index in [1.165, 1.54) is 12.1 Å². The van der Waals surface area contributed by atoms with Gasteiger partial charge < -0.3 is 5.73 Å². The maximum Gasteiger partial charge on any atom is 0.416 e. The van der Waals surface area contributed by atoms with Crippen molar-refractivity contribution in [2.75, 3.05) is 5.73 Å². The number of nitrogen functional groups attached to an aromatic ring is 1. The molecule has 0 atom stereocenters. The standard InChI is InChI=1S/C16H16F3N/c1-10-7-15(20)11(2)6-13(10)8-12-4-3-5-14(9-12)16(17,18)19/h3-7,9H,8,20H2,1-2H3. The topological polar surface area (TPSA) is 26.0 Å². The van der Waals surface area contributed by atoms with Crippen LogP contribution in [0.25, 0.3) is 0 Å². The summed E-state index contributed by atoms with van der Waals surface area (Å²) < 4.78 is 38.1. The van der Waals surface area contributed by atoms with Gasteiger partial charge in [0.1, 0.15) is 0 Å². The van der Waals surface area contributed by atoms with E-state index in [9.17, 15) is 13.2 Å². The van der Waals surface area contributed by atoms with Gasteiger partial charge in [-0.15, -0.1) is 0 Å². The average Bonchev–Trinajstić information content (AvgIpc) is 2.35. The molecular weight excluding hydrogens is 263 g/mol. The highest BCUT2D eigenvalue weighted by Gasteiger charge is 2.30. The van der Waals surface area contributed by atoms with Crippen molar-refractivity contribution in [2.24, 2.45) is 0 Å². The Balaban J connectivity index is 2.33. The number of halogens is 3. The number of hydrogen-bond donors (Lipinski definition) is 1. The molecule has 0 aliphatic carbocycles. The minimum Gasteiger partial charge on any atom is -0.399 e. The Morgan fingerprint density at radius 3 is 2.35 bits per heavy atom. The third-order valence-electron chi connectivity index (χ3n) is 3.37. The zero-order valence-electron chi connectivity index (χ0n) is 11.4. The summed E-state index contributed by atoms with van der Waals surface area (Å²) in [4.78, 5) is 0. The summed E-state index contributed by atoms with van der Waals surface area (Å²) >= 11 is 0. The Bertz CT molecular complexity index is 630. The number of hydrogen-bond acceptors (Lipinski definition) is 1. The van der Waals surface area contributed by atoms with Gasteiger partial charge in [-0.2, -0.15) is 13.2 Å². The van der Waals surface area contributed by atoms with Gasteiger partial charge in [0.15, 0.2) is 0 Å². The molecule has 0 aliphatic heterocycles. The molecule has 1 nitrogen and oxygen atoms in total. The highest BCUT2D eigenvalue weighted by Crippen LogP contribution is 2.30. The first-order valence-corrected chi connectivity index (χ1v) is 6.29. The quantitative estimate of drug-likeness (QED) is 0.805. The predicted molar refractivity (Wildman–Crippen MR) is 74.6 cm³/mol. The maximum atomic E-state index is 12.7. The highest BCUT2D eigenvalue weighted by atomic mass is 19.4. The van der Waals surface area contributed by atoms with Crippen LogP contribution in [0.4, 0.5) is 18.9 Å². The molecule has 0 radical (unpaired) electrons. The van der Waals surface area contributed by atoms with E-state index in [2.05, 4.69) is 0 Å². The van der Waals surface area contributed by atoms with E-state index >= 15 is 0 Å². The van der Waals surface area contributed by atoms with Crippen LogP contribution in [0.2, 0.25) is 0 Å². The van der Waals surface area contributed by atoms with Crippen molar-refractivity contribution >= 4 is 5.69 Å². The van der Waals surface area contributed by atoms with Crippen LogP contribution >= 0.6 is 0 Å². The fraction of sp³-hybridized carbons (Fsp3) is 0.250. The molecular formula is C16H16F3N. The third-order valence-corrected chi connectivity index (χ3v) is 3.37. The molecule has 4 heteroatoms. The molecule has 0 aromatic heterocycles. The van der Waals surface area contributed by atoms with Crippen molar-refractivity contribution in [2.45, 2.75) is 26.4 Å². The molecule has 0 spiro atoms. The Labute approximate surface area is 116 Å². The van der Waals surface area contributed by atoms with Crippen molar-refractivity contribution < 1.29 is 13.2 Å². The third kappa shape index (κ3) is 3.13. The molecule has 0 saturated carbocycles. The van der Waals surface area contributed by atoms with Crippen molar-refractivity contribution in [1.82, 2.24) is 0 Å². The van der Waals surface area contributed by atoms with Crippen molar-refractivity contribution in [1.29, 1.82) is 0 Å². The van der Waals surface area contributed by atoms with Crippen LogP contribution in [0, 0.1) is 13.8 Å². The second kappa shape index (κ2) is 5.19. The van der Waals surface area contributed by atoms with E-state index in [0.717, 1.165) is 22.8 Å². The van der Waals surface area contributed by atoms with E-state index in [4.69, 9.17) is 5.73 Å². The lowest BCUT2D eigenvalue weighted by Gasteiger charge is -2.12. The van der Waals surface area contributed by atoms with Crippen LogP contribution in [-0.2, 0) is 12.6 Å². The molecule has 106 valence electrons. The van der Waals surface area contributed by atoms with Gasteiger partial charge in [-0.25, -0.2) is 0 Å². The lowest BCUT2D eigenvalue weighted by Crippen LogP contribution is -2.05. The lowest BCUT2D eigenvalue weighted by atomic mass is 9.96. The predicted octanol–water partition coefficient (Wildman–Crippen LogP) is 4.50. The minimum absolute atomic E-state index is 0.469. The van der Waals surface area contributed by atoms with Crippen LogP contribution in [0.5, 0.6) is 0 Å². The van der Waals surface area contributed by atoms with E-state index in [0.29, 0.717) is 17.7 Å². The average molecular weight is 279 g/mol. The molecule has 0 amide bonds. The molecule has 2 rings (SSSR count). The second-order valence-corrected chi connectivity index (χ2v) is 5.01. The van der Waals surface area contributed by atoms with E-state index < -0.39 is 11.7 Å². The summed E-state index contributed by atoms with van der Waals surface area (Å²) in [5.41, 5.74) is 9.48. The van der Waals surface area contributed by atoms with Gasteiger partial charge in [0.2, 0.25) is 0 Å². The molecule has 20 heavy (non-hydrogen) atoms. The van der Waals surface area contributed by atoms with Crippen LogP contribution in [-0.4, -0.2) is 0 Å². The summed E-state index contributed by atoms with van der Waals surface area (Å²) in [6, 6.07) is 9.23. The zero-order valence-corrected chi connectivity index (χ0v) is 11.4. The molecule has 0 saturated heterocycles. The first kappa shape index (κ1) is 14.4. The summed E-state index contributed by atoms with van der Waals surface area (Å²) in [7, 11) is 0. The van der Waals surface area contributed by atoms with E-state index in [1.54, 1.807) is 6.07 Å². The Morgan fingerprint density at radius 2 is 1.70 bits per heavy atom. The molecule has 2 aromatic rings. The van der Waals surface area contributed by atoms with Gasteiger partial charge in [0.05, 0.1) is 5.56 Å². The lowest BCUT2D eigenvalue weighted by molar-refractivity contribution is -0.137. The second-order valence-electron chi connectivity index (χ2n) is 5.01. The number of nitrogens with two attached hydrogens (primary N) is 1. The molecule has 0 heterocycles. The van der Waals surface area contributed by atoms with Gasteiger partial charge in [-0.05, 0) is 54.7 Å². The minimum atomic E-state index is -4.30. The summed E-state index contributed by atoms with van der Waals surface area (Å²) in [5, 5.41) is 0.